The Bertz CT molecular complexity index is 1200. The van der Waals surface area contributed by atoms with Crippen molar-refractivity contribution in [3.05, 3.63) is 107 Å². The van der Waals surface area contributed by atoms with E-state index >= 15 is 0 Å². The van der Waals surface area contributed by atoms with E-state index in [1.54, 1.807) is 11.0 Å². The van der Waals surface area contributed by atoms with Crippen LogP contribution in [-0.2, 0) is 17.9 Å². The number of nitrogens with zero attached hydrogens (tertiary/aromatic N) is 3. The van der Waals surface area contributed by atoms with Gasteiger partial charge < -0.3 is 4.90 Å². The standard InChI is InChI=1S/C24H21N3O2/c1-18-21-14-8-9-15-22(21)24(29)27(25-18)17-23(28)26(20-12-6-3-7-13-20)16-19-10-4-2-5-11-19/h2-15H,16-17H2,1H3. The molecule has 3 aromatic carbocycles. The van der Waals surface area contributed by atoms with Crippen LogP contribution in [0.5, 0.6) is 0 Å². The fourth-order valence-corrected chi connectivity index (χ4v) is 3.42. The Hall–Kier alpha value is -3.73. The van der Waals surface area contributed by atoms with Gasteiger partial charge in [-0.05, 0) is 30.7 Å². The highest BCUT2D eigenvalue weighted by Gasteiger charge is 2.19. The number of anilines is 1. The first-order valence-corrected chi connectivity index (χ1v) is 9.49. The van der Waals surface area contributed by atoms with Crippen LogP contribution < -0.4 is 10.5 Å². The predicted octanol–water partition coefficient (Wildman–Crippen LogP) is 3.94. The van der Waals surface area contributed by atoms with Crippen LogP contribution in [0, 0.1) is 6.92 Å². The number of para-hydroxylation sites is 1. The lowest BCUT2D eigenvalue weighted by Crippen LogP contribution is -2.37. The molecule has 5 heteroatoms. The van der Waals surface area contributed by atoms with Crippen LogP contribution in [0.3, 0.4) is 0 Å². The van der Waals surface area contributed by atoms with E-state index in [9.17, 15) is 9.59 Å². The molecular weight excluding hydrogens is 362 g/mol. The molecule has 0 radical (unpaired) electrons. The number of hydrogen-bond acceptors (Lipinski definition) is 3. The summed E-state index contributed by atoms with van der Waals surface area (Å²) in [5.41, 5.74) is 2.27. The zero-order valence-corrected chi connectivity index (χ0v) is 16.2. The zero-order chi connectivity index (χ0) is 20.2. The summed E-state index contributed by atoms with van der Waals surface area (Å²) >= 11 is 0. The van der Waals surface area contributed by atoms with Crippen molar-refractivity contribution in [1.29, 1.82) is 0 Å². The molecule has 144 valence electrons. The van der Waals surface area contributed by atoms with E-state index in [2.05, 4.69) is 5.10 Å². The average Bonchev–Trinajstić information content (AvgIpc) is 2.77. The monoisotopic (exact) mass is 383 g/mol. The van der Waals surface area contributed by atoms with Crippen molar-refractivity contribution in [3.8, 4) is 0 Å². The van der Waals surface area contributed by atoms with E-state index in [1.165, 1.54) is 4.68 Å². The smallest absolute Gasteiger partial charge is 0.275 e. The van der Waals surface area contributed by atoms with Gasteiger partial charge in [-0.2, -0.15) is 5.10 Å². The highest BCUT2D eigenvalue weighted by atomic mass is 16.2. The van der Waals surface area contributed by atoms with Gasteiger partial charge in [0.15, 0.2) is 0 Å². The SMILES string of the molecule is Cc1nn(CC(=O)N(Cc2ccccc2)c2ccccc2)c(=O)c2ccccc12. The first-order chi connectivity index (χ1) is 14.1. The maximum atomic E-state index is 13.2. The molecule has 0 saturated carbocycles. The molecule has 0 unspecified atom stereocenters. The average molecular weight is 383 g/mol. The molecule has 29 heavy (non-hydrogen) atoms. The fourth-order valence-electron chi connectivity index (χ4n) is 3.42. The molecule has 0 bridgehead atoms. The Morgan fingerprint density at radius 3 is 2.14 bits per heavy atom. The van der Waals surface area contributed by atoms with Gasteiger partial charge in [-0.25, -0.2) is 4.68 Å². The van der Waals surface area contributed by atoms with Crippen molar-refractivity contribution in [3.63, 3.8) is 0 Å². The van der Waals surface area contributed by atoms with Crippen molar-refractivity contribution in [1.82, 2.24) is 9.78 Å². The summed E-state index contributed by atoms with van der Waals surface area (Å²) in [6.45, 7) is 2.15. The molecule has 0 aliphatic carbocycles. The number of rotatable bonds is 5. The Morgan fingerprint density at radius 2 is 1.45 bits per heavy atom. The van der Waals surface area contributed by atoms with Crippen molar-refractivity contribution >= 4 is 22.4 Å². The fraction of sp³-hybridized carbons (Fsp3) is 0.125. The van der Waals surface area contributed by atoms with Crippen LogP contribution in [0.4, 0.5) is 5.69 Å². The number of hydrogen-bond donors (Lipinski definition) is 0. The highest BCUT2D eigenvalue weighted by Crippen LogP contribution is 2.18. The van der Waals surface area contributed by atoms with Crippen LogP contribution in [0.2, 0.25) is 0 Å². The summed E-state index contributed by atoms with van der Waals surface area (Å²) in [6.07, 6.45) is 0. The minimum absolute atomic E-state index is 0.119. The van der Waals surface area contributed by atoms with E-state index in [0.717, 1.165) is 22.3 Å². The lowest BCUT2D eigenvalue weighted by atomic mass is 10.1. The molecule has 4 rings (SSSR count). The largest absolute Gasteiger partial charge is 0.306 e. The van der Waals surface area contributed by atoms with E-state index < -0.39 is 0 Å². The molecule has 5 nitrogen and oxygen atoms in total. The third-order valence-corrected chi connectivity index (χ3v) is 4.89. The summed E-state index contributed by atoms with van der Waals surface area (Å²) in [5.74, 6) is -0.190. The summed E-state index contributed by atoms with van der Waals surface area (Å²) in [6, 6.07) is 26.6. The molecule has 1 amide bonds. The van der Waals surface area contributed by atoms with Crippen LogP contribution >= 0.6 is 0 Å². The second-order valence-electron chi connectivity index (χ2n) is 6.89. The maximum Gasteiger partial charge on any atom is 0.275 e. The third-order valence-electron chi connectivity index (χ3n) is 4.89. The molecule has 0 aliphatic heterocycles. The molecule has 0 atom stereocenters. The van der Waals surface area contributed by atoms with E-state index in [0.29, 0.717) is 11.9 Å². The van der Waals surface area contributed by atoms with Crippen molar-refractivity contribution in [2.75, 3.05) is 4.90 Å². The molecule has 0 aliphatic rings. The summed E-state index contributed by atoms with van der Waals surface area (Å²) in [7, 11) is 0. The first-order valence-electron chi connectivity index (χ1n) is 9.49. The van der Waals surface area contributed by atoms with Gasteiger partial charge in [0.2, 0.25) is 5.91 Å². The molecule has 0 fully saturated rings. The molecule has 0 spiro atoms. The van der Waals surface area contributed by atoms with Gasteiger partial charge in [0.25, 0.3) is 5.56 Å². The summed E-state index contributed by atoms with van der Waals surface area (Å²) in [4.78, 5) is 27.8. The van der Waals surface area contributed by atoms with E-state index in [1.807, 2.05) is 85.8 Å². The number of amides is 1. The van der Waals surface area contributed by atoms with Gasteiger partial charge in [0.1, 0.15) is 6.54 Å². The summed E-state index contributed by atoms with van der Waals surface area (Å²) in [5, 5.41) is 5.76. The molecule has 1 aromatic heterocycles. The number of aryl methyl sites for hydroxylation is 1. The predicted molar refractivity (Wildman–Crippen MR) is 115 cm³/mol. The van der Waals surface area contributed by atoms with Gasteiger partial charge in [-0.3, -0.25) is 9.59 Å². The van der Waals surface area contributed by atoms with Crippen LogP contribution in [0.1, 0.15) is 11.3 Å². The highest BCUT2D eigenvalue weighted by molar-refractivity contribution is 5.93. The van der Waals surface area contributed by atoms with Crippen LogP contribution in [0.15, 0.2) is 89.7 Å². The Balaban J connectivity index is 1.69. The Labute approximate surface area is 168 Å². The number of carbonyl (C=O) groups excluding carboxylic acids is 1. The minimum atomic E-state index is -0.257. The number of fused-ring (bicyclic) bond motifs is 1. The van der Waals surface area contributed by atoms with Gasteiger partial charge in [0.05, 0.1) is 17.6 Å². The second kappa shape index (κ2) is 8.10. The molecule has 1 heterocycles. The lowest BCUT2D eigenvalue weighted by molar-refractivity contribution is -0.119. The molecule has 4 aromatic rings. The minimum Gasteiger partial charge on any atom is -0.306 e. The summed E-state index contributed by atoms with van der Waals surface area (Å²) < 4.78 is 1.26. The first kappa shape index (κ1) is 18.6. The third kappa shape index (κ3) is 3.94. The number of aromatic nitrogens is 2. The van der Waals surface area contributed by atoms with Gasteiger partial charge in [-0.15, -0.1) is 0 Å². The van der Waals surface area contributed by atoms with E-state index in [4.69, 9.17) is 0 Å². The van der Waals surface area contributed by atoms with Crippen molar-refractivity contribution in [2.45, 2.75) is 20.0 Å². The van der Waals surface area contributed by atoms with Crippen molar-refractivity contribution < 1.29 is 4.79 Å². The van der Waals surface area contributed by atoms with Gasteiger partial charge >= 0.3 is 0 Å². The molecule has 0 saturated heterocycles. The van der Waals surface area contributed by atoms with Crippen molar-refractivity contribution in [2.24, 2.45) is 0 Å². The van der Waals surface area contributed by atoms with E-state index in [-0.39, 0.29) is 18.0 Å². The normalized spacial score (nSPS) is 10.8. The Kier molecular flexibility index (Phi) is 5.20. The maximum absolute atomic E-state index is 13.2. The number of carbonyl (C=O) groups is 1. The quantitative estimate of drug-likeness (QED) is 0.525. The Morgan fingerprint density at radius 1 is 0.862 bits per heavy atom. The zero-order valence-electron chi connectivity index (χ0n) is 16.2. The topological polar surface area (TPSA) is 55.2 Å². The second-order valence-corrected chi connectivity index (χ2v) is 6.89. The number of benzene rings is 3. The van der Waals surface area contributed by atoms with Gasteiger partial charge in [0, 0.05) is 11.1 Å². The van der Waals surface area contributed by atoms with Crippen LogP contribution in [-0.4, -0.2) is 15.7 Å². The van der Waals surface area contributed by atoms with Gasteiger partial charge in [-0.1, -0.05) is 66.7 Å². The molecule has 0 N–H and O–H groups in total. The molecular formula is C24H21N3O2. The lowest BCUT2D eigenvalue weighted by Gasteiger charge is -2.23. The van der Waals surface area contributed by atoms with Crippen LogP contribution in [0.25, 0.3) is 10.8 Å².